The Morgan fingerprint density at radius 2 is 1.57 bits per heavy atom. The second-order valence-electron chi connectivity index (χ2n) is 9.26. The van der Waals surface area contributed by atoms with Gasteiger partial charge in [-0.25, -0.2) is 0 Å². The van der Waals surface area contributed by atoms with E-state index in [1.807, 2.05) is 31.7 Å². The predicted molar refractivity (Wildman–Crippen MR) is 112 cm³/mol. The highest BCUT2D eigenvalue weighted by atomic mass is 16.2. The topological polar surface area (TPSA) is 43.9 Å². The van der Waals surface area contributed by atoms with Crippen LogP contribution in [-0.2, 0) is 16.1 Å². The van der Waals surface area contributed by atoms with Crippen molar-refractivity contribution in [2.75, 3.05) is 39.3 Å². The lowest BCUT2D eigenvalue weighted by Crippen LogP contribution is -2.47. The molecule has 0 unspecified atom stereocenters. The number of nitrogens with zero attached hydrogens (tertiary/aromatic N) is 3. The molecule has 0 radical (unpaired) electrons. The van der Waals surface area contributed by atoms with Gasteiger partial charge in [-0.3, -0.25) is 14.5 Å². The third-order valence-corrected chi connectivity index (χ3v) is 5.92. The van der Waals surface area contributed by atoms with Crippen LogP contribution in [0.15, 0.2) is 30.3 Å². The van der Waals surface area contributed by atoms with Crippen molar-refractivity contribution in [2.45, 2.75) is 46.6 Å². The van der Waals surface area contributed by atoms with Crippen LogP contribution in [0.2, 0.25) is 0 Å². The molecule has 2 saturated heterocycles. The van der Waals surface area contributed by atoms with Crippen LogP contribution in [0.4, 0.5) is 0 Å². The highest BCUT2D eigenvalue weighted by Gasteiger charge is 2.34. The lowest BCUT2D eigenvalue weighted by Gasteiger charge is -2.36. The second-order valence-corrected chi connectivity index (χ2v) is 9.26. The van der Waals surface area contributed by atoms with Crippen LogP contribution in [0, 0.1) is 11.3 Å². The predicted octanol–water partition coefficient (Wildman–Crippen LogP) is 3.01. The van der Waals surface area contributed by atoms with Gasteiger partial charge in [0.05, 0.1) is 0 Å². The molecule has 0 bridgehead atoms. The number of piperidine rings is 1. The fraction of sp³-hybridized carbons (Fsp3) is 0.652. The Kier molecular flexibility index (Phi) is 6.76. The molecule has 2 aliphatic rings. The number of carbonyl (C=O) groups excluding carboxylic acids is 2. The van der Waals surface area contributed by atoms with Gasteiger partial charge in [-0.1, -0.05) is 51.1 Å². The Morgan fingerprint density at radius 1 is 0.893 bits per heavy atom. The van der Waals surface area contributed by atoms with E-state index in [2.05, 4.69) is 34.1 Å². The maximum Gasteiger partial charge on any atom is 0.227 e. The minimum atomic E-state index is -0.343. The third-order valence-electron chi connectivity index (χ3n) is 5.92. The summed E-state index contributed by atoms with van der Waals surface area (Å²) >= 11 is 0. The van der Waals surface area contributed by atoms with Crippen molar-refractivity contribution in [1.29, 1.82) is 0 Å². The fourth-order valence-corrected chi connectivity index (χ4v) is 4.25. The number of amides is 2. The number of hydrogen-bond donors (Lipinski definition) is 0. The Hall–Kier alpha value is -1.88. The molecule has 1 aromatic rings. The summed E-state index contributed by atoms with van der Waals surface area (Å²) in [6.45, 7) is 11.9. The molecular formula is C23H35N3O2. The summed E-state index contributed by atoms with van der Waals surface area (Å²) in [6, 6.07) is 10.5. The van der Waals surface area contributed by atoms with E-state index in [1.165, 1.54) is 5.56 Å². The SMILES string of the molecule is CC(C)(C)C(=O)N1CCC(C(=O)N2CCCN(Cc3ccccc3)CC2)CC1. The van der Waals surface area contributed by atoms with E-state index in [9.17, 15) is 9.59 Å². The largest absolute Gasteiger partial charge is 0.342 e. The Balaban J connectivity index is 1.48. The first-order valence-corrected chi connectivity index (χ1v) is 10.7. The van der Waals surface area contributed by atoms with E-state index in [0.29, 0.717) is 19.0 Å². The molecule has 28 heavy (non-hydrogen) atoms. The summed E-state index contributed by atoms with van der Waals surface area (Å²) in [5.41, 5.74) is 0.988. The van der Waals surface area contributed by atoms with E-state index < -0.39 is 0 Å². The molecule has 2 heterocycles. The summed E-state index contributed by atoms with van der Waals surface area (Å²) < 4.78 is 0. The average Bonchev–Trinajstić information content (AvgIpc) is 2.93. The van der Waals surface area contributed by atoms with Crippen LogP contribution in [0.3, 0.4) is 0 Å². The lowest BCUT2D eigenvalue weighted by atomic mass is 9.90. The first kappa shape index (κ1) is 20.8. The van der Waals surface area contributed by atoms with Gasteiger partial charge < -0.3 is 9.80 Å². The Morgan fingerprint density at radius 3 is 2.21 bits per heavy atom. The summed E-state index contributed by atoms with van der Waals surface area (Å²) in [4.78, 5) is 32.0. The molecule has 2 amide bonds. The second kappa shape index (κ2) is 9.08. The summed E-state index contributed by atoms with van der Waals surface area (Å²) in [6.07, 6.45) is 2.62. The van der Waals surface area contributed by atoms with E-state index in [1.54, 1.807) is 0 Å². The van der Waals surface area contributed by atoms with Crippen molar-refractivity contribution in [3.8, 4) is 0 Å². The number of likely N-dealkylation sites (tertiary alicyclic amines) is 1. The first-order valence-electron chi connectivity index (χ1n) is 10.7. The smallest absolute Gasteiger partial charge is 0.227 e. The van der Waals surface area contributed by atoms with Crippen molar-refractivity contribution < 1.29 is 9.59 Å². The van der Waals surface area contributed by atoms with Gasteiger partial charge in [0, 0.05) is 57.1 Å². The van der Waals surface area contributed by atoms with Crippen molar-refractivity contribution >= 4 is 11.8 Å². The van der Waals surface area contributed by atoms with Crippen molar-refractivity contribution in [2.24, 2.45) is 11.3 Å². The summed E-state index contributed by atoms with van der Waals surface area (Å²) in [5, 5.41) is 0. The van der Waals surface area contributed by atoms with Crippen LogP contribution >= 0.6 is 0 Å². The Bertz CT molecular complexity index is 660. The van der Waals surface area contributed by atoms with E-state index in [-0.39, 0.29) is 17.2 Å². The van der Waals surface area contributed by atoms with Gasteiger partial charge in [0.2, 0.25) is 11.8 Å². The zero-order chi connectivity index (χ0) is 20.1. The molecule has 3 rings (SSSR count). The third kappa shape index (κ3) is 5.34. The molecule has 0 aliphatic carbocycles. The van der Waals surface area contributed by atoms with Gasteiger partial charge in [-0.2, -0.15) is 0 Å². The van der Waals surface area contributed by atoms with Crippen LogP contribution in [0.1, 0.15) is 45.6 Å². The fourth-order valence-electron chi connectivity index (χ4n) is 4.25. The van der Waals surface area contributed by atoms with Gasteiger partial charge in [-0.05, 0) is 24.8 Å². The van der Waals surface area contributed by atoms with Crippen molar-refractivity contribution in [1.82, 2.24) is 14.7 Å². The first-order chi connectivity index (χ1) is 13.3. The number of rotatable bonds is 3. The van der Waals surface area contributed by atoms with Crippen LogP contribution in [0.25, 0.3) is 0 Å². The van der Waals surface area contributed by atoms with Crippen LogP contribution in [0.5, 0.6) is 0 Å². The zero-order valence-corrected chi connectivity index (χ0v) is 17.7. The number of carbonyl (C=O) groups is 2. The maximum atomic E-state index is 13.0. The van der Waals surface area contributed by atoms with Crippen LogP contribution in [-0.4, -0.2) is 65.8 Å². The quantitative estimate of drug-likeness (QED) is 0.803. The van der Waals surface area contributed by atoms with E-state index >= 15 is 0 Å². The minimum absolute atomic E-state index is 0.0738. The minimum Gasteiger partial charge on any atom is -0.342 e. The Labute approximate surface area is 169 Å². The molecule has 2 aliphatic heterocycles. The van der Waals surface area contributed by atoms with Crippen molar-refractivity contribution in [3.63, 3.8) is 0 Å². The lowest BCUT2D eigenvalue weighted by molar-refractivity contribution is -0.144. The molecule has 154 valence electrons. The van der Waals surface area contributed by atoms with E-state index in [0.717, 1.165) is 52.0 Å². The molecular weight excluding hydrogens is 350 g/mol. The molecule has 2 fully saturated rings. The van der Waals surface area contributed by atoms with Gasteiger partial charge in [0.25, 0.3) is 0 Å². The van der Waals surface area contributed by atoms with Gasteiger partial charge in [-0.15, -0.1) is 0 Å². The number of benzene rings is 1. The zero-order valence-electron chi connectivity index (χ0n) is 17.7. The highest BCUT2D eigenvalue weighted by molar-refractivity contribution is 5.82. The normalized spacial score (nSPS) is 20.1. The molecule has 0 atom stereocenters. The summed E-state index contributed by atoms with van der Waals surface area (Å²) in [7, 11) is 0. The molecule has 0 aromatic heterocycles. The molecule has 0 saturated carbocycles. The number of hydrogen-bond acceptors (Lipinski definition) is 3. The molecule has 5 nitrogen and oxygen atoms in total. The van der Waals surface area contributed by atoms with Crippen LogP contribution < -0.4 is 0 Å². The standard InChI is InChI=1S/C23H35N3O2/c1-23(2,3)22(28)26-14-10-20(11-15-26)21(27)25-13-7-12-24(16-17-25)18-19-8-5-4-6-9-19/h4-6,8-9,20H,7,10-18H2,1-3H3. The monoisotopic (exact) mass is 385 g/mol. The van der Waals surface area contributed by atoms with Gasteiger partial charge in [0.15, 0.2) is 0 Å². The summed E-state index contributed by atoms with van der Waals surface area (Å²) in [5.74, 6) is 0.568. The van der Waals surface area contributed by atoms with E-state index in [4.69, 9.17) is 0 Å². The molecule has 0 spiro atoms. The average molecular weight is 386 g/mol. The van der Waals surface area contributed by atoms with Crippen molar-refractivity contribution in [3.05, 3.63) is 35.9 Å². The molecule has 1 aromatic carbocycles. The molecule has 5 heteroatoms. The van der Waals surface area contributed by atoms with Gasteiger partial charge in [0.1, 0.15) is 0 Å². The highest BCUT2D eigenvalue weighted by Crippen LogP contribution is 2.25. The maximum absolute atomic E-state index is 13.0. The van der Waals surface area contributed by atoms with Gasteiger partial charge >= 0.3 is 0 Å². The molecule has 0 N–H and O–H groups in total.